The second-order valence-electron chi connectivity index (χ2n) is 6.27. The van der Waals surface area contributed by atoms with Gasteiger partial charge in [0.25, 0.3) is 0 Å². The molecule has 0 aliphatic heterocycles. The fourth-order valence-corrected chi connectivity index (χ4v) is 2.84. The molecule has 2 aromatic carbocycles. The van der Waals surface area contributed by atoms with E-state index in [-0.39, 0.29) is 17.7 Å². The minimum Gasteiger partial charge on any atom is -0.493 e. The van der Waals surface area contributed by atoms with Crippen LogP contribution in [0.5, 0.6) is 17.6 Å². The molecule has 0 amide bonds. The highest BCUT2D eigenvalue weighted by Crippen LogP contribution is 2.27. The fourth-order valence-electron chi connectivity index (χ4n) is 2.84. The van der Waals surface area contributed by atoms with Gasteiger partial charge in [0, 0.05) is 31.0 Å². The van der Waals surface area contributed by atoms with E-state index in [1.54, 1.807) is 36.5 Å². The molecule has 4 rings (SSSR count). The summed E-state index contributed by atoms with van der Waals surface area (Å²) in [6, 6.07) is 15.6. The van der Waals surface area contributed by atoms with Crippen LogP contribution in [0.1, 0.15) is 5.56 Å². The van der Waals surface area contributed by atoms with E-state index in [0.29, 0.717) is 28.8 Å². The molecular formula is C21H17FN4O2. The van der Waals surface area contributed by atoms with Crippen molar-refractivity contribution >= 4 is 16.6 Å². The van der Waals surface area contributed by atoms with Crippen LogP contribution in [-0.2, 0) is 6.54 Å². The Balaban J connectivity index is 1.50. The molecule has 28 heavy (non-hydrogen) atoms. The van der Waals surface area contributed by atoms with Gasteiger partial charge in [-0.05, 0) is 36.4 Å². The highest BCUT2D eigenvalue weighted by molar-refractivity contribution is 5.82. The number of aromatic hydroxyl groups is 1. The normalized spacial score (nSPS) is 10.8. The monoisotopic (exact) mass is 376 g/mol. The first kappa shape index (κ1) is 17.7. The van der Waals surface area contributed by atoms with Gasteiger partial charge in [-0.15, -0.1) is 0 Å². The van der Waals surface area contributed by atoms with Gasteiger partial charge in [-0.1, -0.05) is 18.2 Å². The number of anilines is 1. The van der Waals surface area contributed by atoms with Gasteiger partial charge in [0.1, 0.15) is 11.6 Å². The number of ether oxygens (including phenoxy) is 1. The predicted octanol–water partition coefficient (Wildman–Crippen LogP) is 4.30. The van der Waals surface area contributed by atoms with Crippen LogP contribution in [0.4, 0.5) is 10.1 Å². The molecule has 6 nitrogen and oxygen atoms in total. The molecule has 0 atom stereocenters. The highest BCUT2D eigenvalue weighted by atomic mass is 19.1. The second kappa shape index (κ2) is 7.48. The summed E-state index contributed by atoms with van der Waals surface area (Å²) in [6.45, 7) is 0.446. The Hall–Kier alpha value is -3.74. The average Bonchev–Trinajstić information content (AvgIpc) is 2.70. The van der Waals surface area contributed by atoms with Crippen molar-refractivity contribution in [1.82, 2.24) is 15.0 Å². The van der Waals surface area contributed by atoms with Gasteiger partial charge in [-0.2, -0.15) is 9.97 Å². The van der Waals surface area contributed by atoms with Crippen molar-refractivity contribution in [2.24, 2.45) is 0 Å². The third-order valence-electron chi connectivity index (χ3n) is 4.31. The van der Waals surface area contributed by atoms with Gasteiger partial charge in [0.05, 0.1) is 17.1 Å². The summed E-state index contributed by atoms with van der Waals surface area (Å²) in [5.74, 6) is 0.131. The SMILES string of the molecule is CN(Cc1ccccc1F)c1ccc(Oc2nc(O)c3ccncc3n2)cc1. The molecule has 0 saturated heterocycles. The molecule has 0 radical (unpaired) electrons. The molecule has 7 heteroatoms. The predicted molar refractivity (Wildman–Crippen MR) is 104 cm³/mol. The number of halogens is 1. The molecule has 4 aromatic rings. The van der Waals surface area contributed by atoms with Crippen molar-refractivity contribution in [1.29, 1.82) is 0 Å². The Morgan fingerprint density at radius 3 is 2.61 bits per heavy atom. The first-order chi connectivity index (χ1) is 13.6. The number of nitrogens with zero attached hydrogens (tertiary/aromatic N) is 4. The minimum absolute atomic E-state index is 0.0328. The Morgan fingerprint density at radius 1 is 1.04 bits per heavy atom. The Labute approximate surface area is 160 Å². The van der Waals surface area contributed by atoms with E-state index in [9.17, 15) is 9.50 Å². The van der Waals surface area contributed by atoms with Crippen LogP contribution in [0, 0.1) is 5.82 Å². The van der Waals surface area contributed by atoms with E-state index in [1.807, 2.05) is 30.1 Å². The maximum absolute atomic E-state index is 13.8. The van der Waals surface area contributed by atoms with Crippen LogP contribution in [0.15, 0.2) is 67.0 Å². The number of aromatic nitrogens is 3. The van der Waals surface area contributed by atoms with Crippen LogP contribution in [0.25, 0.3) is 10.9 Å². The van der Waals surface area contributed by atoms with Crippen LogP contribution >= 0.6 is 0 Å². The molecule has 2 heterocycles. The van der Waals surface area contributed by atoms with Crippen LogP contribution < -0.4 is 9.64 Å². The van der Waals surface area contributed by atoms with E-state index in [4.69, 9.17) is 4.74 Å². The van der Waals surface area contributed by atoms with E-state index < -0.39 is 0 Å². The summed E-state index contributed by atoms with van der Waals surface area (Å²) in [7, 11) is 1.89. The number of hydrogen-bond donors (Lipinski definition) is 1. The van der Waals surface area contributed by atoms with Gasteiger partial charge in [-0.25, -0.2) is 4.39 Å². The van der Waals surface area contributed by atoms with E-state index >= 15 is 0 Å². The van der Waals surface area contributed by atoms with Gasteiger partial charge in [0.15, 0.2) is 0 Å². The number of hydrogen-bond acceptors (Lipinski definition) is 6. The summed E-state index contributed by atoms with van der Waals surface area (Å²) in [5.41, 5.74) is 2.02. The molecule has 2 aromatic heterocycles. The van der Waals surface area contributed by atoms with Crippen molar-refractivity contribution in [3.05, 3.63) is 78.4 Å². The summed E-state index contributed by atoms with van der Waals surface area (Å²) in [4.78, 5) is 14.1. The molecule has 0 bridgehead atoms. The Bertz CT molecular complexity index is 1120. The van der Waals surface area contributed by atoms with Crippen LogP contribution in [0.3, 0.4) is 0 Å². The number of rotatable bonds is 5. The minimum atomic E-state index is -0.225. The highest BCUT2D eigenvalue weighted by Gasteiger charge is 2.10. The lowest BCUT2D eigenvalue weighted by atomic mass is 10.2. The number of benzene rings is 2. The molecule has 140 valence electrons. The lowest BCUT2D eigenvalue weighted by Crippen LogP contribution is -2.17. The van der Waals surface area contributed by atoms with Crippen molar-refractivity contribution in [2.75, 3.05) is 11.9 Å². The molecule has 0 saturated carbocycles. The van der Waals surface area contributed by atoms with Crippen molar-refractivity contribution in [2.45, 2.75) is 6.54 Å². The standard InChI is InChI=1S/C21H17FN4O2/c1-26(13-14-4-2-3-5-18(14)22)15-6-8-16(9-7-15)28-21-24-19-12-23-11-10-17(19)20(27)25-21/h2-12H,13H2,1H3,(H,24,25,27). The van der Waals surface area contributed by atoms with E-state index in [1.165, 1.54) is 12.3 Å². The summed E-state index contributed by atoms with van der Waals surface area (Å²) in [6.07, 6.45) is 3.09. The van der Waals surface area contributed by atoms with Gasteiger partial charge in [0.2, 0.25) is 5.88 Å². The maximum atomic E-state index is 13.8. The zero-order valence-electron chi connectivity index (χ0n) is 15.1. The quantitative estimate of drug-likeness (QED) is 0.560. The fraction of sp³-hybridized carbons (Fsp3) is 0.0952. The topological polar surface area (TPSA) is 71.4 Å². The van der Waals surface area contributed by atoms with Crippen molar-refractivity contribution in [3.8, 4) is 17.6 Å². The van der Waals surface area contributed by atoms with Gasteiger partial charge < -0.3 is 14.7 Å². The van der Waals surface area contributed by atoms with Crippen LogP contribution in [0.2, 0.25) is 0 Å². The van der Waals surface area contributed by atoms with Gasteiger partial charge in [-0.3, -0.25) is 4.98 Å². The van der Waals surface area contributed by atoms with Crippen molar-refractivity contribution < 1.29 is 14.2 Å². The molecular weight excluding hydrogens is 359 g/mol. The number of pyridine rings is 1. The second-order valence-corrected chi connectivity index (χ2v) is 6.27. The first-order valence-electron chi connectivity index (χ1n) is 8.63. The molecule has 0 aliphatic carbocycles. The largest absolute Gasteiger partial charge is 0.493 e. The lowest BCUT2D eigenvalue weighted by molar-refractivity contribution is 0.412. The van der Waals surface area contributed by atoms with E-state index in [2.05, 4.69) is 15.0 Å². The average molecular weight is 376 g/mol. The third-order valence-corrected chi connectivity index (χ3v) is 4.31. The Kier molecular flexibility index (Phi) is 4.72. The molecule has 0 aliphatic rings. The van der Waals surface area contributed by atoms with Gasteiger partial charge >= 0.3 is 6.01 Å². The smallest absolute Gasteiger partial charge is 0.325 e. The zero-order chi connectivity index (χ0) is 19.5. The number of fused-ring (bicyclic) bond motifs is 1. The molecule has 0 fully saturated rings. The lowest BCUT2D eigenvalue weighted by Gasteiger charge is -2.20. The Morgan fingerprint density at radius 2 is 1.82 bits per heavy atom. The van der Waals surface area contributed by atoms with E-state index in [0.717, 1.165) is 5.69 Å². The maximum Gasteiger partial charge on any atom is 0.325 e. The molecule has 0 spiro atoms. The summed E-state index contributed by atoms with van der Waals surface area (Å²) < 4.78 is 19.5. The summed E-state index contributed by atoms with van der Waals surface area (Å²) >= 11 is 0. The zero-order valence-corrected chi connectivity index (χ0v) is 15.1. The third kappa shape index (κ3) is 3.68. The molecule has 1 N–H and O–H groups in total. The van der Waals surface area contributed by atoms with Crippen LogP contribution in [-0.4, -0.2) is 27.1 Å². The van der Waals surface area contributed by atoms with Crippen molar-refractivity contribution in [3.63, 3.8) is 0 Å². The first-order valence-corrected chi connectivity index (χ1v) is 8.63. The molecule has 0 unspecified atom stereocenters. The summed E-state index contributed by atoms with van der Waals surface area (Å²) in [5, 5.41) is 10.5.